The summed E-state index contributed by atoms with van der Waals surface area (Å²) in [6, 6.07) is 0. The van der Waals surface area contributed by atoms with Crippen LogP contribution in [0.25, 0.3) is 0 Å². The molecule has 0 heterocycles. The number of primary amides is 1. The quantitative estimate of drug-likeness (QED) is 0.490. The molecule has 1 aliphatic rings. The second-order valence-electron chi connectivity index (χ2n) is 3.22. The fourth-order valence-electron chi connectivity index (χ4n) is 1.49. The Balaban J connectivity index is 2.60. The molecule has 1 saturated carbocycles. The molecule has 4 heteroatoms. The number of carbonyl (C=O) groups is 1. The average Bonchev–Trinajstić information content (AvgIpc) is 1.85. The van der Waals surface area contributed by atoms with Gasteiger partial charge < -0.3 is 16.6 Å². The van der Waals surface area contributed by atoms with Gasteiger partial charge in [-0.15, -0.1) is 0 Å². The number of rotatable bonds is 3. The van der Waals surface area contributed by atoms with Crippen molar-refractivity contribution < 1.29 is 9.90 Å². The van der Waals surface area contributed by atoms with Crippen LogP contribution in [0.2, 0.25) is 0 Å². The summed E-state index contributed by atoms with van der Waals surface area (Å²) in [6.45, 7) is -0.230. The van der Waals surface area contributed by atoms with E-state index >= 15 is 0 Å². The first-order valence-electron chi connectivity index (χ1n) is 3.79. The van der Waals surface area contributed by atoms with E-state index in [1.807, 2.05) is 0 Å². The first-order chi connectivity index (χ1) is 5.10. The highest BCUT2D eigenvalue weighted by Gasteiger charge is 2.42. The lowest BCUT2D eigenvalue weighted by Crippen LogP contribution is -2.58. The molecule has 5 N–H and O–H groups in total. The summed E-state index contributed by atoms with van der Waals surface area (Å²) in [4.78, 5) is 10.8. The zero-order chi connectivity index (χ0) is 8.48. The third-order valence-electron chi connectivity index (χ3n) is 2.50. The molecule has 0 spiro atoms. The summed E-state index contributed by atoms with van der Waals surface area (Å²) >= 11 is 0. The van der Waals surface area contributed by atoms with Gasteiger partial charge in [0.2, 0.25) is 5.91 Å². The molecule has 0 aromatic heterocycles. The Hall–Kier alpha value is -0.610. The summed E-state index contributed by atoms with van der Waals surface area (Å²) < 4.78 is 0. The van der Waals surface area contributed by atoms with Crippen LogP contribution in [0.3, 0.4) is 0 Å². The largest absolute Gasteiger partial charge is 0.395 e. The molecule has 0 radical (unpaired) electrons. The van der Waals surface area contributed by atoms with E-state index in [1.165, 1.54) is 0 Å². The van der Waals surface area contributed by atoms with Crippen molar-refractivity contribution in [2.45, 2.75) is 24.8 Å². The molecule has 0 bridgehead atoms. The lowest BCUT2D eigenvalue weighted by Gasteiger charge is -2.42. The molecule has 0 aromatic rings. The van der Waals surface area contributed by atoms with Crippen molar-refractivity contribution in [3.05, 3.63) is 0 Å². The van der Waals surface area contributed by atoms with E-state index in [1.54, 1.807) is 0 Å². The number of nitrogens with two attached hydrogens (primary N) is 2. The number of aliphatic hydroxyl groups is 1. The number of aliphatic hydroxyl groups excluding tert-OH is 1. The minimum Gasteiger partial charge on any atom is -0.395 e. The van der Waals surface area contributed by atoms with E-state index in [2.05, 4.69) is 0 Å². The molecule has 1 amide bonds. The highest BCUT2D eigenvalue weighted by atomic mass is 16.3. The Morgan fingerprint density at radius 1 is 1.64 bits per heavy atom. The van der Waals surface area contributed by atoms with Crippen LogP contribution >= 0.6 is 0 Å². The van der Waals surface area contributed by atoms with Gasteiger partial charge in [-0.2, -0.15) is 0 Å². The summed E-state index contributed by atoms with van der Waals surface area (Å²) in [5.74, 6) is -1.05. The maximum atomic E-state index is 10.8. The monoisotopic (exact) mass is 158 g/mol. The number of hydrogen-bond acceptors (Lipinski definition) is 3. The molecule has 11 heavy (non-hydrogen) atoms. The third-order valence-corrected chi connectivity index (χ3v) is 2.50. The molecule has 1 aliphatic carbocycles. The van der Waals surface area contributed by atoms with Crippen LogP contribution in [0, 0.1) is 5.92 Å². The topological polar surface area (TPSA) is 89.3 Å². The second kappa shape index (κ2) is 2.79. The van der Waals surface area contributed by atoms with Gasteiger partial charge in [0.05, 0.1) is 12.5 Å². The van der Waals surface area contributed by atoms with E-state index in [0.29, 0.717) is 0 Å². The van der Waals surface area contributed by atoms with Crippen molar-refractivity contribution in [2.24, 2.45) is 17.4 Å². The molecule has 1 atom stereocenters. The number of carbonyl (C=O) groups excluding carboxylic acids is 1. The zero-order valence-electron chi connectivity index (χ0n) is 6.42. The fraction of sp³-hybridized carbons (Fsp3) is 0.857. The summed E-state index contributed by atoms with van der Waals surface area (Å²) in [5, 5.41) is 8.82. The maximum Gasteiger partial charge on any atom is 0.224 e. The van der Waals surface area contributed by atoms with Crippen molar-refractivity contribution in [1.29, 1.82) is 0 Å². The predicted octanol–water partition coefficient (Wildman–Crippen LogP) is -1.04. The average molecular weight is 158 g/mol. The molecular formula is C7H14N2O2. The molecule has 64 valence electrons. The van der Waals surface area contributed by atoms with Gasteiger partial charge in [-0.25, -0.2) is 0 Å². The Labute approximate surface area is 65.6 Å². The maximum absolute atomic E-state index is 10.8. The summed E-state index contributed by atoms with van der Waals surface area (Å²) in [7, 11) is 0. The minimum absolute atomic E-state index is 0.230. The lowest BCUT2D eigenvalue weighted by molar-refractivity contribution is -0.127. The van der Waals surface area contributed by atoms with Crippen molar-refractivity contribution >= 4 is 5.91 Å². The van der Waals surface area contributed by atoms with Gasteiger partial charge in [-0.05, 0) is 19.3 Å². The Kier molecular flexibility index (Phi) is 2.15. The summed E-state index contributed by atoms with van der Waals surface area (Å²) in [5.41, 5.74) is 10.3. The van der Waals surface area contributed by atoms with Gasteiger partial charge in [0.1, 0.15) is 0 Å². The Morgan fingerprint density at radius 2 is 2.18 bits per heavy atom. The molecule has 1 unspecified atom stereocenters. The van der Waals surface area contributed by atoms with Crippen LogP contribution in [0.5, 0.6) is 0 Å². The van der Waals surface area contributed by atoms with E-state index < -0.39 is 17.4 Å². The van der Waals surface area contributed by atoms with E-state index in [0.717, 1.165) is 19.3 Å². The molecule has 0 aromatic carbocycles. The normalized spacial score (nSPS) is 23.8. The highest BCUT2D eigenvalue weighted by molar-refractivity contribution is 5.78. The van der Waals surface area contributed by atoms with E-state index in [-0.39, 0.29) is 6.61 Å². The van der Waals surface area contributed by atoms with Crippen LogP contribution in [-0.4, -0.2) is 23.2 Å². The molecule has 1 fully saturated rings. The smallest absolute Gasteiger partial charge is 0.224 e. The van der Waals surface area contributed by atoms with Crippen molar-refractivity contribution in [1.82, 2.24) is 0 Å². The first-order valence-corrected chi connectivity index (χ1v) is 3.79. The van der Waals surface area contributed by atoms with Crippen LogP contribution in [0.4, 0.5) is 0 Å². The van der Waals surface area contributed by atoms with Gasteiger partial charge in [-0.1, -0.05) is 0 Å². The van der Waals surface area contributed by atoms with Crippen molar-refractivity contribution in [3.8, 4) is 0 Å². The second-order valence-corrected chi connectivity index (χ2v) is 3.22. The fourth-order valence-corrected chi connectivity index (χ4v) is 1.49. The van der Waals surface area contributed by atoms with Crippen molar-refractivity contribution in [3.63, 3.8) is 0 Å². The predicted molar refractivity (Wildman–Crippen MR) is 40.5 cm³/mol. The van der Waals surface area contributed by atoms with Crippen LogP contribution in [0.1, 0.15) is 19.3 Å². The van der Waals surface area contributed by atoms with Crippen LogP contribution in [0.15, 0.2) is 0 Å². The van der Waals surface area contributed by atoms with E-state index in [9.17, 15) is 4.79 Å². The van der Waals surface area contributed by atoms with Gasteiger partial charge >= 0.3 is 0 Å². The number of amides is 1. The van der Waals surface area contributed by atoms with Gasteiger partial charge in [-0.3, -0.25) is 4.79 Å². The molecule has 0 aliphatic heterocycles. The van der Waals surface area contributed by atoms with E-state index in [4.69, 9.17) is 16.6 Å². The van der Waals surface area contributed by atoms with Crippen LogP contribution in [-0.2, 0) is 4.79 Å². The zero-order valence-corrected chi connectivity index (χ0v) is 6.42. The minimum atomic E-state index is -0.559. The van der Waals surface area contributed by atoms with Gasteiger partial charge in [0.15, 0.2) is 0 Å². The number of hydrogen-bond donors (Lipinski definition) is 3. The lowest BCUT2D eigenvalue weighted by atomic mass is 9.69. The van der Waals surface area contributed by atoms with Crippen LogP contribution < -0.4 is 11.5 Å². The first kappa shape index (κ1) is 8.49. The third kappa shape index (κ3) is 1.36. The van der Waals surface area contributed by atoms with Crippen molar-refractivity contribution in [2.75, 3.05) is 6.61 Å². The standard InChI is InChI=1S/C7H14N2O2/c8-6(11)5(4-10)7(9)2-1-3-7/h5,10H,1-4,9H2,(H2,8,11). The van der Waals surface area contributed by atoms with Gasteiger partial charge in [0, 0.05) is 5.54 Å². The molecular weight excluding hydrogens is 144 g/mol. The molecule has 1 rings (SSSR count). The highest BCUT2D eigenvalue weighted by Crippen LogP contribution is 2.35. The molecule has 0 saturated heterocycles. The Bertz CT molecular complexity index is 166. The SMILES string of the molecule is NC(=O)C(CO)C1(N)CCC1. The molecule has 4 nitrogen and oxygen atoms in total. The summed E-state index contributed by atoms with van der Waals surface area (Å²) in [6.07, 6.45) is 2.61. The van der Waals surface area contributed by atoms with Gasteiger partial charge in [0.25, 0.3) is 0 Å². The Morgan fingerprint density at radius 3 is 2.27 bits per heavy atom.